The van der Waals surface area contributed by atoms with Crippen molar-refractivity contribution in [2.75, 3.05) is 13.1 Å². The van der Waals surface area contributed by atoms with Crippen molar-refractivity contribution in [3.63, 3.8) is 0 Å². The summed E-state index contributed by atoms with van der Waals surface area (Å²) >= 11 is 0. The van der Waals surface area contributed by atoms with Crippen molar-refractivity contribution in [3.8, 4) is 0 Å². The summed E-state index contributed by atoms with van der Waals surface area (Å²) in [5.41, 5.74) is 0.599. The molecule has 0 spiro atoms. The number of hydrogen-bond donors (Lipinski definition) is 2. The van der Waals surface area contributed by atoms with Crippen LogP contribution in [0, 0.1) is 0 Å². The van der Waals surface area contributed by atoms with Crippen LogP contribution in [0.1, 0.15) is 149 Å². The maximum atomic E-state index is 11.2. The normalized spacial score (nSPS) is 10.3. The van der Waals surface area contributed by atoms with E-state index in [0.29, 0.717) is 5.57 Å². The Kier molecular flexibility index (Phi) is 31.0. The molecular weight excluding hydrogens is 432 g/mol. The second kappa shape index (κ2) is 30.5. The maximum absolute atomic E-state index is 11.2. The first-order valence-corrected chi connectivity index (χ1v) is 14.8. The van der Waals surface area contributed by atoms with Crippen LogP contribution < -0.4 is 10.6 Å². The van der Waals surface area contributed by atoms with Gasteiger partial charge in [-0.2, -0.15) is 0 Å². The molecule has 0 aromatic heterocycles. The molecule has 0 aromatic rings. The lowest BCUT2D eigenvalue weighted by molar-refractivity contribution is -0.117. The Bertz CT molecular complexity index is 502. The summed E-state index contributed by atoms with van der Waals surface area (Å²) in [5.74, 6) is -0.0631. The fourth-order valence-corrected chi connectivity index (χ4v) is 3.86. The highest BCUT2D eigenvalue weighted by molar-refractivity contribution is 5.92. The number of amides is 2. The summed E-state index contributed by atoms with van der Waals surface area (Å²) in [4.78, 5) is 22.0. The molecule has 0 aliphatic carbocycles. The summed E-state index contributed by atoms with van der Waals surface area (Å²) in [6.45, 7) is 14.9. The predicted molar refractivity (Wildman–Crippen MR) is 155 cm³/mol. The third kappa shape index (κ3) is 32.4. The number of hydrogen-bond acceptors (Lipinski definition) is 2. The molecule has 0 radical (unpaired) electrons. The Balaban J connectivity index is 0. The SMILES string of the molecule is C=C(C)C(=O)NCCCCCCCCCCCC.C=CC(=O)NCCCCCCCCCCCC. The first-order valence-electron chi connectivity index (χ1n) is 14.8. The van der Waals surface area contributed by atoms with E-state index >= 15 is 0 Å². The van der Waals surface area contributed by atoms with Crippen LogP contribution in [0.15, 0.2) is 24.8 Å². The van der Waals surface area contributed by atoms with Crippen LogP contribution in [-0.2, 0) is 9.59 Å². The van der Waals surface area contributed by atoms with Crippen LogP contribution in [0.3, 0.4) is 0 Å². The fraction of sp³-hybridized carbons (Fsp3) is 0.806. The van der Waals surface area contributed by atoms with Gasteiger partial charge >= 0.3 is 0 Å². The number of unbranched alkanes of at least 4 members (excludes halogenated alkanes) is 18. The van der Waals surface area contributed by atoms with E-state index in [0.717, 1.165) is 25.9 Å². The van der Waals surface area contributed by atoms with Crippen LogP contribution in [0.2, 0.25) is 0 Å². The molecule has 35 heavy (non-hydrogen) atoms. The quantitative estimate of drug-likeness (QED) is 0.104. The summed E-state index contributed by atoms with van der Waals surface area (Å²) in [7, 11) is 0. The lowest BCUT2D eigenvalue weighted by Crippen LogP contribution is -2.24. The maximum Gasteiger partial charge on any atom is 0.246 e. The highest BCUT2D eigenvalue weighted by Gasteiger charge is 1.99. The smallest absolute Gasteiger partial charge is 0.246 e. The van der Waals surface area contributed by atoms with E-state index in [4.69, 9.17) is 0 Å². The summed E-state index contributed by atoms with van der Waals surface area (Å²) in [6, 6.07) is 0. The van der Waals surface area contributed by atoms with Crippen molar-refractivity contribution in [3.05, 3.63) is 24.8 Å². The number of carbonyl (C=O) groups is 2. The molecule has 0 aliphatic heterocycles. The molecule has 0 rings (SSSR count). The zero-order valence-electron chi connectivity index (χ0n) is 23.9. The van der Waals surface area contributed by atoms with Gasteiger partial charge in [-0.3, -0.25) is 9.59 Å². The third-order valence-electron chi connectivity index (χ3n) is 6.22. The average molecular weight is 493 g/mol. The Morgan fingerprint density at radius 1 is 0.571 bits per heavy atom. The zero-order chi connectivity index (χ0) is 26.4. The van der Waals surface area contributed by atoms with Crippen LogP contribution in [-0.4, -0.2) is 24.9 Å². The molecule has 0 heterocycles. The van der Waals surface area contributed by atoms with Crippen LogP contribution in [0.5, 0.6) is 0 Å². The van der Waals surface area contributed by atoms with Crippen molar-refractivity contribution in [1.82, 2.24) is 10.6 Å². The first kappa shape index (κ1) is 35.6. The van der Waals surface area contributed by atoms with Gasteiger partial charge in [0.05, 0.1) is 0 Å². The molecule has 4 nitrogen and oxygen atoms in total. The van der Waals surface area contributed by atoms with Crippen molar-refractivity contribution >= 4 is 11.8 Å². The van der Waals surface area contributed by atoms with E-state index < -0.39 is 0 Å². The topological polar surface area (TPSA) is 58.2 Å². The molecular formula is C31H60N2O2. The van der Waals surface area contributed by atoms with E-state index in [9.17, 15) is 9.59 Å². The number of carbonyl (C=O) groups excluding carboxylic acids is 2. The van der Waals surface area contributed by atoms with Crippen LogP contribution >= 0.6 is 0 Å². The van der Waals surface area contributed by atoms with Gasteiger partial charge in [0.25, 0.3) is 0 Å². The van der Waals surface area contributed by atoms with Gasteiger partial charge < -0.3 is 10.6 Å². The van der Waals surface area contributed by atoms with Gasteiger partial charge in [0.2, 0.25) is 11.8 Å². The molecule has 0 saturated heterocycles. The van der Waals surface area contributed by atoms with Crippen molar-refractivity contribution in [2.24, 2.45) is 0 Å². The summed E-state index contributed by atoms with van der Waals surface area (Å²) < 4.78 is 0. The van der Waals surface area contributed by atoms with E-state index in [1.165, 1.54) is 122 Å². The second-order valence-corrected chi connectivity index (χ2v) is 9.90. The van der Waals surface area contributed by atoms with E-state index in [2.05, 4.69) is 37.6 Å². The molecule has 206 valence electrons. The summed E-state index contributed by atoms with van der Waals surface area (Å²) in [6.07, 6.45) is 27.9. The predicted octanol–water partition coefficient (Wildman–Crippen LogP) is 8.81. The molecule has 2 N–H and O–H groups in total. The van der Waals surface area contributed by atoms with Crippen molar-refractivity contribution in [1.29, 1.82) is 0 Å². The fourth-order valence-electron chi connectivity index (χ4n) is 3.86. The monoisotopic (exact) mass is 492 g/mol. The lowest BCUT2D eigenvalue weighted by Gasteiger charge is -2.04. The van der Waals surface area contributed by atoms with Gasteiger partial charge in [0.15, 0.2) is 0 Å². The minimum absolute atomic E-state index is 0.00840. The molecule has 0 saturated carbocycles. The van der Waals surface area contributed by atoms with Gasteiger partial charge in [-0.1, -0.05) is 143 Å². The van der Waals surface area contributed by atoms with E-state index in [-0.39, 0.29) is 11.8 Å². The van der Waals surface area contributed by atoms with Crippen molar-refractivity contribution in [2.45, 2.75) is 149 Å². The Labute approximate surface area is 219 Å². The number of nitrogens with one attached hydrogen (secondary N) is 2. The van der Waals surface area contributed by atoms with Gasteiger partial charge in [0.1, 0.15) is 0 Å². The van der Waals surface area contributed by atoms with Crippen LogP contribution in [0.25, 0.3) is 0 Å². The minimum Gasteiger partial charge on any atom is -0.353 e. The Hall–Kier alpha value is -1.58. The molecule has 0 aromatic carbocycles. The summed E-state index contributed by atoms with van der Waals surface area (Å²) in [5, 5.41) is 5.67. The van der Waals surface area contributed by atoms with E-state index in [1.807, 2.05) is 0 Å². The average Bonchev–Trinajstić information content (AvgIpc) is 2.85. The molecule has 0 aliphatic rings. The lowest BCUT2D eigenvalue weighted by atomic mass is 10.1. The molecule has 0 unspecified atom stereocenters. The Morgan fingerprint density at radius 2 is 0.886 bits per heavy atom. The van der Waals surface area contributed by atoms with Crippen LogP contribution in [0.4, 0.5) is 0 Å². The molecule has 0 bridgehead atoms. The van der Waals surface area contributed by atoms with Gasteiger partial charge in [-0.05, 0) is 25.8 Å². The molecule has 2 amide bonds. The third-order valence-corrected chi connectivity index (χ3v) is 6.22. The molecule has 0 atom stereocenters. The first-order chi connectivity index (χ1) is 17.0. The van der Waals surface area contributed by atoms with Gasteiger partial charge in [0, 0.05) is 18.7 Å². The zero-order valence-corrected chi connectivity index (χ0v) is 23.9. The van der Waals surface area contributed by atoms with E-state index in [1.54, 1.807) is 6.92 Å². The minimum atomic E-state index is -0.0547. The second-order valence-electron chi connectivity index (χ2n) is 9.90. The van der Waals surface area contributed by atoms with Gasteiger partial charge in [-0.15, -0.1) is 0 Å². The van der Waals surface area contributed by atoms with Gasteiger partial charge in [-0.25, -0.2) is 0 Å². The largest absolute Gasteiger partial charge is 0.353 e. The standard InChI is InChI=1S/C16H31NO.C15H29NO/c1-4-5-6-7-8-9-10-11-12-13-14-17-16(18)15(2)3;1-3-5-6-7-8-9-10-11-12-13-14-16-15(17)4-2/h2,4-14H2,1,3H3,(H,17,18);4H,2-3,5-14H2,1H3,(H,16,17). The highest BCUT2D eigenvalue weighted by atomic mass is 16.2. The number of rotatable bonds is 24. The van der Waals surface area contributed by atoms with Crippen molar-refractivity contribution < 1.29 is 9.59 Å². The highest BCUT2D eigenvalue weighted by Crippen LogP contribution is 2.11. The molecule has 0 fully saturated rings. The Morgan fingerprint density at radius 3 is 1.20 bits per heavy atom. The molecule has 4 heteroatoms.